The number of benzene rings is 3. The lowest BCUT2D eigenvalue weighted by Gasteiger charge is -2.15. The van der Waals surface area contributed by atoms with E-state index in [1.165, 1.54) is 4.90 Å². The number of hydrogen-bond donors (Lipinski definition) is 0. The molecule has 3 aromatic rings. The minimum atomic E-state index is -0.364. The highest BCUT2D eigenvalue weighted by Gasteiger charge is 2.35. The van der Waals surface area contributed by atoms with Crippen molar-refractivity contribution in [1.29, 1.82) is 0 Å². The third-order valence-corrected chi connectivity index (χ3v) is 6.93. The van der Waals surface area contributed by atoms with Gasteiger partial charge in [-0.2, -0.15) is 0 Å². The molecule has 192 valence electrons. The highest BCUT2D eigenvalue weighted by atomic mass is 35.5. The first-order valence-electron chi connectivity index (χ1n) is 11.9. The summed E-state index contributed by atoms with van der Waals surface area (Å²) in [5, 5.41) is 0.0228. The largest absolute Gasteiger partial charge is 0.492 e. The molecule has 0 aromatic heterocycles. The van der Waals surface area contributed by atoms with Gasteiger partial charge < -0.3 is 14.2 Å². The Bertz CT molecular complexity index is 1320. The summed E-state index contributed by atoms with van der Waals surface area (Å²) in [7, 11) is 0. The number of rotatable bonds is 10. The molecule has 1 saturated heterocycles. The number of carbonyl (C=O) groups excluding carboxylic acids is 2. The second-order valence-electron chi connectivity index (χ2n) is 8.47. The fourth-order valence-electron chi connectivity index (χ4n) is 3.73. The van der Waals surface area contributed by atoms with Gasteiger partial charge in [-0.05, 0) is 79.6 Å². The maximum absolute atomic E-state index is 12.9. The second-order valence-corrected chi connectivity index (χ2v) is 9.87. The lowest BCUT2D eigenvalue weighted by molar-refractivity contribution is -0.123. The van der Waals surface area contributed by atoms with E-state index < -0.39 is 0 Å². The molecule has 37 heavy (non-hydrogen) atoms. The van der Waals surface area contributed by atoms with Gasteiger partial charge in [-0.25, -0.2) is 0 Å². The topological polar surface area (TPSA) is 65.1 Å². The van der Waals surface area contributed by atoms with Crippen LogP contribution >= 0.6 is 23.4 Å². The molecule has 0 saturated carbocycles. The van der Waals surface area contributed by atoms with E-state index in [4.69, 9.17) is 25.8 Å². The molecule has 3 aromatic carbocycles. The van der Waals surface area contributed by atoms with E-state index in [-0.39, 0.29) is 24.3 Å². The molecule has 4 rings (SSSR count). The molecule has 0 bridgehead atoms. The van der Waals surface area contributed by atoms with Crippen LogP contribution in [0.2, 0.25) is 5.02 Å². The monoisotopic (exact) mass is 537 g/mol. The molecule has 0 aliphatic carbocycles. The van der Waals surface area contributed by atoms with Crippen molar-refractivity contribution in [2.45, 2.75) is 27.4 Å². The Morgan fingerprint density at radius 2 is 1.73 bits per heavy atom. The van der Waals surface area contributed by atoms with Gasteiger partial charge in [0.05, 0.1) is 23.1 Å². The zero-order chi connectivity index (χ0) is 26.4. The Labute approximate surface area is 226 Å². The van der Waals surface area contributed by atoms with Crippen molar-refractivity contribution in [2.24, 2.45) is 0 Å². The predicted molar refractivity (Wildman–Crippen MR) is 147 cm³/mol. The summed E-state index contributed by atoms with van der Waals surface area (Å²) in [4.78, 5) is 26.9. The Kier molecular flexibility index (Phi) is 8.79. The van der Waals surface area contributed by atoms with Crippen LogP contribution < -0.4 is 14.2 Å². The first-order chi connectivity index (χ1) is 17.9. The van der Waals surface area contributed by atoms with Gasteiger partial charge >= 0.3 is 0 Å². The van der Waals surface area contributed by atoms with Gasteiger partial charge in [-0.15, -0.1) is 0 Å². The Morgan fingerprint density at radius 3 is 2.46 bits per heavy atom. The van der Waals surface area contributed by atoms with E-state index >= 15 is 0 Å². The summed E-state index contributed by atoms with van der Waals surface area (Å²) < 4.78 is 17.5. The summed E-state index contributed by atoms with van der Waals surface area (Å²) in [6.07, 6.45) is 1.64. The van der Waals surface area contributed by atoms with E-state index in [0.717, 1.165) is 28.5 Å². The van der Waals surface area contributed by atoms with Crippen LogP contribution in [0.4, 0.5) is 4.79 Å². The highest BCUT2D eigenvalue weighted by molar-refractivity contribution is 8.18. The molecule has 0 unspecified atom stereocenters. The number of carbonyl (C=O) groups is 2. The Morgan fingerprint density at radius 1 is 0.973 bits per heavy atom. The summed E-state index contributed by atoms with van der Waals surface area (Å²) in [6.45, 7) is 7.01. The summed E-state index contributed by atoms with van der Waals surface area (Å²) >= 11 is 7.46. The van der Waals surface area contributed by atoms with E-state index in [9.17, 15) is 9.59 Å². The van der Waals surface area contributed by atoms with Crippen LogP contribution in [0.25, 0.3) is 6.08 Å². The number of imide groups is 1. The minimum absolute atomic E-state index is 0.159. The van der Waals surface area contributed by atoms with Gasteiger partial charge in [-0.3, -0.25) is 14.5 Å². The molecule has 0 atom stereocenters. The molecule has 1 fully saturated rings. The van der Waals surface area contributed by atoms with Crippen molar-refractivity contribution in [3.05, 3.63) is 92.8 Å². The molecule has 2 amide bonds. The fraction of sp³-hybridized carbons (Fsp3) is 0.241. The molecular formula is C29H28ClNO5S. The average molecular weight is 538 g/mol. The van der Waals surface area contributed by atoms with Gasteiger partial charge in [0.1, 0.15) is 19.0 Å². The summed E-state index contributed by atoms with van der Waals surface area (Å²) in [5.74, 6) is 1.23. The van der Waals surface area contributed by atoms with Crippen molar-refractivity contribution >= 4 is 40.6 Å². The van der Waals surface area contributed by atoms with E-state index in [1.54, 1.807) is 18.2 Å². The average Bonchev–Trinajstić information content (AvgIpc) is 3.13. The summed E-state index contributed by atoms with van der Waals surface area (Å²) in [6, 6.07) is 19.0. The van der Waals surface area contributed by atoms with Gasteiger partial charge in [0, 0.05) is 0 Å². The van der Waals surface area contributed by atoms with Gasteiger partial charge in [-0.1, -0.05) is 53.6 Å². The number of thioether (sulfide) groups is 1. The van der Waals surface area contributed by atoms with Crippen LogP contribution in [0.5, 0.6) is 17.2 Å². The van der Waals surface area contributed by atoms with E-state index in [2.05, 4.69) is 0 Å². The van der Waals surface area contributed by atoms with Crippen LogP contribution in [-0.4, -0.2) is 35.8 Å². The molecule has 0 radical (unpaired) electrons. The predicted octanol–water partition coefficient (Wildman–Crippen LogP) is 7.05. The van der Waals surface area contributed by atoms with Crippen LogP contribution in [0.1, 0.15) is 29.2 Å². The maximum atomic E-state index is 12.9. The molecular weight excluding hydrogens is 510 g/mol. The van der Waals surface area contributed by atoms with Crippen LogP contribution in [-0.2, 0) is 11.4 Å². The first kappa shape index (κ1) is 26.6. The van der Waals surface area contributed by atoms with Crippen LogP contribution in [0.15, 0.2) is 65.6 Å². The standard InChI is InChI=1S/C29H28ClNO5S/c1-4-34-25-16-21(15-24(30)27(25)36-18-22-8-6-5-7-20(22)3)17-26-28(32)31(29(33)37-26)13-14-35-23-11-9-19(2)10-12-23/h5-12,15-17H,4,13-14,18H2,1-3H3/b26-17-. The van der Waals surface area contributed by atoms with Crippen molar-refractivity contribution in [2.75, 3.05) is 19.8 Å². The fourth-order valence-corrected chi connectivity index (χ4v) is 4.87. The Hall–Kier alpha value is -3.42. The van der Waals surface area contributed by atoms with Gasteiger partial charge in [0.25, 0.3) is 11.1 Å². The van der Waals surface area contributed by atoms with Crippen molar-refractivity contribution in [3.8, 4) is 17.2 Å². The third-order valence-electron chi connectivity index (χ3n) is 5.74. The molecule has 0 N–H and O–H groups in total. The molecule has 1 aliphatic heterocycles. The van der Waals surface area contributed by atoms with Crippen LogP contribution in [0, 0.1) is 13.8 Å². The zero-order valence-corrected chi connectivity index (χ0v) is 22.5. The van der Waals surface area contributed by atoms with Gasteiger partial charge in [0.15, 0.2) is 11.5 Å². The van der Waals surface area contributed by atoms with Crippen molar-refractivity contribution < 1.29 is 23.8 Å². The number of nitrogens with zero attached hydrogens (tertiary/aromatic N) is 1. The summed E-state index contributed by atoms with van der Waals surface area (Å²) in [5.41, 5.74) is 3.93. The maximum Gasteiger partial charge on any atom is 0.293 e. The third kappa shape index (κ3) is 6.67. The minimum Gasteiger partial charge on any atom is -0.492 e. The van der Waals surface area contributed by atoms with Crippen molar-refractivity contribution in [1.82, 2.24) is 4.90 Å². The molecule has 6 nitrogen and oxygen atoms in total. The highest BCUT2D eigenvalue weighted by Crippen LogP contribution is 2.39. The van der Waals surface area contributed by atoms with E-state index in [1.807, 2.05) is 69.3 Å². The molecule has 8 heteroatoms. The quantitative estimate of drug-likeness (QED) is 0.258. The number of halogens is 1. The van der Waals surface area contributed by atoms with Gasteiger partial charge in [0.2, 0.25) is 0 Å². The van der Waals surface area contributed by atoms with Crippen LogP contribution in [0.3, 0.4) is 0 Å². The van der Waals surface area contributed by atoms with E-state index in [0.29, 0.717) is 46.0 Å². The number of hydrogen-bond acceptors (Lipinski definition) is 6. The first-order valence-corrected chi connectivity index (χ1v) is 13.1. The normalized spacial score (nSPS) is 14.4. The molecule has 0 spiro atoms. The lowest BCUT2D eigenvalue weighted by Crippen LogP contribution is -2.32. The SMILES string of the molecule is CCOc1cc(/C=C2\SC(=O)N(CCOc3ccc(C)cc3)C2=O)cc(Cl)c1OCc1ccccc1C. The zero-order valence-electron chi connectivity index (χ0n) is 21.0. The smallest absolute Gasteiger partial charge is 0.293 e. The Balaban J connectivity index is 1.46. The molecule has 1 aliphatic rings. The number of ether oxygens (including phenoxy) is 3. The second kappa shape index (κ2) is 12.2. The molecule has 1 heterocycles. The number of amides is 2. The van der Waals surface area contributed by atoms with Crippen molar-refractivity contribution in [3.63, 3.8) is 0 Å². The lowest BCUT2D eigenvalue weighted by atomic mass is 10.1. The number of aryl methyl sites for hydroxylation is 2.